The monoisotopic (exact) mass is 546 g/mol. The van der Waals surface area contributed by atoms with E-state index < -0.39 is 4.88 Å². The van der Waals surface area contributed by atoms with Crippen LogP contribution < -0.4 is 15.9 Å². The number of hydrogen-bond donors (Lipinski definition) is 3. The van der Waals surface area contributed by atoms with Gasteiger partial charge < -0.3 is 0 Å². The Hall–Kier alpha value is -1.50. The maximum absolute atomic E-state index is 10.8. The number of halogens is 1. The van der Waals surface area contributed by atoms with Crippen LogP contribution in [0.25, 0.3) is 0 Å². The Labute approximate surface area is 197 Å². The molecule has 3 aromatic carbocycles. The number of thioether (sulfide) groups is 1. The van der Waals surface area contributed by atoms with Gasteiger partial charge in [0.2, 0.25) is 0 Å². The van der Waals surface area contributed by atoms with Crippen LogP contribution in [0.2, 0.25) is 0 Å². The molecule has 0 saturated heterocycles. The van der Waals surface area contributed by atoms with Gasteiger partial charge in [-0.25, -0.2) is 0 Å². The molecule has 7 heteroatoms. The Morgan fingerprint density at radius 3 is 2.17 bits per heavy atom. The van der Waals surface area contributed by atoms with Gasteiger partial charge in [-0.2, -0.15) is 0 Å². The quantitative estimate of drug-likeness (QED) is 0.101. The van der Waals surface area contributed by atoms with E-state index in [2.05, 4.69) is 53.4 Å². The standard InChI is InChI=1S/C23H25BIN2OPS/c1-23(2,3)20-13-19(29(24)25)14-21(22(20)28)30-15-26-16-9-11-18(12-10-16)27-17-7-5-4-6-8-17/h4-14,26-28H,15H2,1-3H3. The molecule has 0 saturated carbocycles. The van der Waals surface area contributed by atoms with Crippen molar-refractivity contribution in [3.63, 3.8) is 0 Å². The molecule has 0 aliphatic heterocycles. The number of aromatic hydroxyl groups is 1. The molecule has 0 radical (unpaired) electrons. The molecule has 0 aliphatic carbocycles. The van der Waals surface area contributed by atoms with Crippen molar-refractivity contribution >= 4 is 68.1 Å². The van der Waals surface area contributed by atoms with E-state index in [-0.39, 0.29) is 5.41 Å². The van der Waals surface area contributed by atoms with E-state index in [4.69, 9.17) is 7.01 Å². The number of anilines is 3. The molecular formula is C23H25BIN2OPS. The van der Waals surface area contributed by atoms with Crippen molar-refractivity contribution in [2.75, 3.05) is 16.5 Å². The minimum atomic E-state index is -0.753. The van der Waals surface area contributed by atoms with Gasteiger partial charge in [-0.1, -0.05) is 18.2 Å². The third kappa shape index (κ3) is 6.25. The first kappa shape index (κ1) is 23.2. The molecule has 3 rings (SSSR count). The van der Waals surface area contributed by atoms with Crippen LogP contribution in [0.5, 0.6) is 5.75 Å². The minimum absolute atomic E-state index is 0.146. The molecule has 0 aromatic heterocycles. The summed E-state index contributed by atoms with van der Waals surface area (Å²) in [4.78, 5) is 0.110. The number of benzene rings is 3. The van der Waals surface area contributed by atoms with E-state index in [9.17, 15) is 5.11 Å². The van der Waals surface area contributed by atoms with Crippen LogP contribution in [0.3, 0.4) is 0 Å². The Kier molecular flexibility index (Phi) is 7.89. The molecule has 0 spiro atoms. The summed E-state index contributed by atoms with van der Waals surface area (Å²) in [7, 11) is 6.17. The first-order valence-corrected chi connectivity index (χ1v) is 14.8. The van der Waals surface area contributed by atoms with E-state index in [1.807, 2.05) is 66.7 Å². The van der Waals surface area contributed by atoms with Gasteiger partial charge in [0, 0.05) is 5.69 Å². The van der Waals surface area contributed by atoms with Crippen LogP contribution in [0.15, 0.2) is 71.6 Å². The van der Waals surface area contributed by atoms with E-state index in [0.29, 0.717) is 11.6 Å². The number of phenolic OH excluding ortho intramolecular Hbond substituents is 1. The molecule has 0 aliphatic rings. The Bertz CT molecular complexity index is 1080. The summed E-state index contributed by atoms with van der Waals surface area (Å²) in [5.74, 6) is 1.00. The van der Waals surface area contributed by atoms with Crippen LogP contribution in [0.1, 0.15) is 26.3 Å². The van der Waals surface area contributed by atoms with Gasteiger partial charge in [-0.3, -0.25) is 0 Å². The predicted octanol–water partition coefficient (Wildman–Crippen LogP) is 7.14. The van der Waals surface area contributed by atoms with Gasteiger partial charge in [0.05, 0.1) is 0 Å². The summed E-state index contributed by atoms with van der Waals surface area (Å²) >= 11 is 3.85. The van der Waals surface area contributed by atoms with Crippen molar-refractivity contribution in [3.05, 3.63) is 72.3 Å². The van der Waals surface area contributed by atoms with Crippen molar-refractivity contribution in [2.24, 2.45) is 0 Å². The number of phenols is 1. The molecule has 0 bridgehead atoms. The van der Waals surface area contributed by atoms with Crippen molar-refractivity contribution in [3.8, 4) is 5.75 Å². The summed E-state index contributed by atoms with van der Waals surface area (Å²) in [6, 6.07) is 22.4. The number of hydrogen-bond acceptors (Lipinski definition) is 4. The predicted molar refractivity (Wildman–Crippen MR) is 144 cm³/mol. The van der Waals surface area contributed by atoms with E-state index in [1.165, 1.54) is 0 Å². The zero-order valence-electron chi connectivity index (χ0n) is 17.3. The maximum atomic E-state index is 10.8. The van der Waals surface area contributed by atoms with Crippen molar-refractivity contribution in [1.82, 2.24) is 0 Å². The molecule has 0 fully saturated rings. The fourth-order valence-corrected chi connectivity index (χ4v) is 5.23. The summed E-state index contributed by atoms with van der Waals surface area (Å²) in [5, 5.41) is 18.7. The molecule has 1 atom stereocenters. The second-order valence-electron chi connectivity index (χ2n) is 7.94. The molecule has 1 unspecified atom stereocenters. The Morgan fingerprint density at radius 2 is 1.57 bits per heavy atom. The third-order valence-corrected chi connectivity index (χ3v) is 7.90. The van der Waals surface area contributed by atoms with Crippen LogP contribution in [0, 0.1) is 0 Å². The van der Waals surface area contributed by atoms with Gasteiger partial charge in [-0.15, -0.1) is 0 Å². The van der Waals surface area contributed by atoms with Gasteiger partial charge >= 0.3 is 163 Å². The molecule has 3 nitrogen and oxygen atoms in total. The summed E-state index contributed by atoms with van der Waals surface area (Å²) in [5.41, 5.74) is 3.93. The van der Waals surface area contributed by atoms with Crippen LogP contribution in [0.4, 0.5) is 17.1 Å². The molecule has 30 heavy (non-hydrogen) atoms. The average Bonchev–Trinajstić information content (AvgIpc) is 2.70. The van der Waals surface area contributed by atoms with E-state index in [0.717, 1.165) is 32.8 Å². The normalized spacial score (nSPS) is 11.9. The number of rotatable bonds is 6. The summed E-state index contributed by atoms with van der Waals surface area (Å²) in [6.07, 6.45) is 0. The van der Waals surface area contributed by atoms with Gasteiger partial charge in [0.25, 0.3) is 0 Å². The summed E-state index contributed by atoms with van der Waals surface area (Å²) < 4.78 is 0. The first-order chi connectivity index (χ1) is 14.2. The van der Waals surface area contributed by atoms with Crippen LogP contribution in [-0.2, 0) is 5.41 Å². The number of para-hydroxylation sites is 1. The molecule has 3 N–H and O–H groups in total. The third-order valence-electron chi connectivity index (χ3n) is 4.57. The zero-order chi connectivity index (χ0) is 21.7. The van der Waals surface area contributed by atoms with E-state index >= 15 is 0 Å². The molecule has 154 valence electrons. The van der Waals surface area contributed by atoms with Crippen LogP contribution >= 0.6 is 38.7 Å². The summed E-state index contributed by atoms with van der Waals surface area (Å²) in [6.45, 7) is 6.32. The topological polar surface area (TPSA) is 44.3 Å². The second kappa shape index (κ2) is 10.2. The molecular weight excluding hydrogens is 521 g/mol. The average molecular weight is 546 g/mol. The van der Waals surface area contributed by atoms with Crippen molar-refractivity contribution in [1.29, 1.82) is 0 Å². The fourth-order valence-electron chi connectivity index (χ4n) is 2.96. The molecule has 0 amide bonds. The van der Waals surface area contributed by atoms with E-state index in [1.54, 1.807) is 11.8 Å². The molecule has 0 heterocycles. The van der Waals surface area contributed by atoms with Crippen molar-refractivity contribution in [2.45, 2.75) is 31.1 Å². The Balaban J connectivity index is 1.66. The molecule has 3 aromatic rings. The fraction of sp³-hybridized carbons (Fsp3) is 0.217. The first-order valence-electron chi connectivity index (χ1n) is 9.61. The van der Waals surface area contributed by atoms with Gasteiger partial charge in [0.1, 0.15) is 0 Å². The zero-order valence-corrected chi connectivity index (χ0v) is 21.2. The Morgan fingerprint density at radius 1 is 0.967 bits per heavy atom. The van der Waals surface area contributed by atoms with Crippen molar-refractivity contribution < 1.29 is 5.11 Å². The second-order valence-corrected chi connectivity index (χ2v) is 13.2. The number of nitrogens with one attached hydrogen (secondary N) is 2. The van der Waals surface area contributed by atoms with Crippen LogP contribution in [-0.4, -0.2) is 18.0 Å². The van der Waals surface area contributed by atoms with Gasteiger partial charge in [0.15, 0.2) is 0 Å². The van der Waals surface area contributed by atoms with Gasteiger partial charge in [-0.05, 0) is 12.1 Å². The SMILES string of the molecule is B#P(I)c1cc(SCNc2ccc(Nc3ccccc3)cc2)c(O)c(C(C)(C)C)c1.